The fourth-order valence-electron chi connectivity index (χ4n) is 2.91. The molecule has 4 nitrogen and oxygen atoms in total. The fraction of sp³-hybridized carbons (Fsp3) is 0.647. The number of piperazine rings is 1. The third kappa shape index (κ3) is 4.70. The zero-order chi connectivity index (χ0) is 15.3. The molecule has 1 saturated heterocycles. The molecule has 0 spiro atoms. The van der Waals surface area contributed by atoms with Crippen LogP contribution in [0.5, 0.6) is 5.75 Å². The van der Waals surface area contributed by atoms with Crippen LogP contribution in [-0.2, 0) is 6.54 Å². The van der Waals surface area contributed by atoms with E-state index in [-0.39, 0.29) is 0 Å². The Kier molecular flexibility index (Phi) is 5.62. The smallest absolute Gasteiger partial charge is 0.115 e. The first-order chi connectivity index (χ1) is 10.0. The molecule has 118 valence electrons. The van der Waals surface area contributed by atoms with E-state index in [1.807, 2.05) is 12.1 Å². The van der Waals surface area contributed by atoms with Gasteiger partial charge >= 0.3 is 0 Å². The number of β-amino-alcohol motifs (C(OH)–C–C–N with tert-alkyl or cyclic N) is 1. The summed E-state index contributed by atoms with van der Waals surface area (Å²) >= 11 is 0. The number of aliphatic hydroxyl groups is 1. The van der Waals surface area contributed by atoms with Crippen molar-refractivity contribution in [3.05, 3.63) is 29.8 Å². The maximum atomic E-state index is 10.4. The topological polar surface area (TPSA) is 46.9 Å². The van der Waals surface area contributed by atoms with Crippen molar-refractivity contribution in [2.75, 3.05) is 32.7 Å². The van der Waals surface area contributed by atoms with E-state index in [2.05, 4.69) is 29.7 Å². The van der Waals surface area contributed by atoms with Crippen LogP contribution in [0.15, 0.2) is 24.3 Å². The lowest BCUT2D eigenvalue weighted by Gasteiger charge is -2.39. The molecule has 1 aliphatic heterocycles. The Hall–Kier alpha value is -1.10. The fourth-order valence-corrected chi connectivity index (χ4v) is 2.91. The molecule has 0 aliphatic carbocycles. The van der Waals surface area contributed by atoms with Crippen molar-refractivity contribution in [1.29, 1.82) is 0 Å². The largest absolute Gasteiger partial charge is 0.508 e. The maximum Gasteiger partial charge on any atom is 0.115 e. The molecule has 1 aromatic rings. The highest BCUT2D eigenvalue weighted by molar-refractivity contribution is 5.27. The van der Waals surface area contributed by atoms with E-state index in [9.17, 15) is 10.2 Å². The molecular formula is C17H28N2O2. The summed E-state index contributed by atoms with van der Waals surface area (Å²) in [6.07, 6.45) is 1.63. The molecule has 1 aromatic carbocycles. The predicted octanol–water partition coefficient (Wildman–Crippen LogP) is 2.06. The molecule has 0 saturated carbocycles. The molecule has 0 radical (unpaired) electrons. The van der Waals surface area contributed by atoms with Gasteiger partial charge in [-0.05, 0) is 30.5 Å². The third-order valence-electron chi connectivity index (χ3n) is 4.62. The molecule has 0 amide bonds. The van der Waals surface area contributed by atoms with Crippen LogP contribution in [0, 0.1) is 0 Å². The normalized spacial score (nSPS) is 18.0. The van der Waals surface area contributed by atoms with Crippen LogP contribution in [0.2, 0.25) is 0 Å². The van der Waals surface area contributed by atoms with Gasteiger partial charge in [-0.1, -0.05) is 26.0 Å². The molecule has 0 atom stereocenters. The van der Waals surface area contributed by atoms with Crippen molar-refractivity contribution in [3.8, 4) is 5.75 Å². The third-order valence-corrected chi connectivity index (χ3v) is 4.62. The van der Waals surface area contributed by atoms with Gasteiger partial charge in [-0.15, -0.1) is 0 Å². The van der Waals surface area contributed by atoms with Crippen LogP contribution in [0.3, 0.4) is 0 Å². The Morgan fingerprint density at radius 1 is 1.05 bits per heavy atom. The minimum atomic E-state index is -0.534. The Labute approximate surface area is 128 Å². The zero-order valence-electron chi connectivity index (χ0n) is 13.3. The minimum absolute atomic E-state index is 0.335. The van der Waals surface area contributed by atoms with Crippen molar-refractivity contribution in [3.63, 3.8) is 0 Å². The van der Waals surface area contributed by atoms with Crippen LogP contribution in [0.25, 0.3) is 0 Å². The summed E-state index contributed by atoms with van der Waals surface area (Å²) in [5.74, 6) is 0.335. The summed E-state index contributed by atoms with van der Waals surface area (Å²) in [5, 5.41) is 19.9. The molecule has 1 heterocycles. The number of nitrogens with zero attached hydrogens (tertiary/aromatic N) is 2. The van der Waals surface area contributed by atoms with Gasteiger partial charge < -0.3 is 10.2 Å². The van der Waals surface area contributed by atoms with Gasteiger partial charge in [-0.3, -0.25) is 9.80 Å². The average Bonchev–Trinajstić information content (AvgIpc) is 2.49. The first-order valence-corrected chi connectivity index (χ1v) is 7.99. The number of benzene rings is 1. The molecule has 2 N–H and O–H groups in total. The summed E-state index contributed by atoms with van der Waals surface area (Å²) in [6, 6.07) is 7.49. The summed E-state index contributed by atoms with van der Waals surface area (Å²) in [7, 11) is 0. The standard InChI is InChI=1S/C17H28N2O2/c1-3-17(21,4-2)14-19-10-8-18(9-11-19)13-15-6-5-7-16(20)12-15/h5-7,12,20-21H,3-4,8-11,13-14H2,1-2H3. The van der Waals surface area contributed by atoms with E-state index in [0.29, 0.717) is 5.75 Å². The van der Waals surface area contributed by atoms with Gasteiger partial charge in [-0.25, -0.2) is 0 Å². The van der Waals surface area contributed by atoms with Crippen molar-refractivity contribution < 1.29 is 10.2 Å². The van der Waals surface area contributed by atoms with E-state index in [0.717, 1.165) is 57.7 Å². The van der Waals surface area contributed by atoms with Gasteiger partial charge in [-0.2, -0.15) is 0 Å². The second-order valence-electron chi connectivity index (χ2n) is 6.15. The molecule has 1 fully saturated rings. The Balaban J connectivity index is 1.81. The second kappa shape index (κ2) is 7.25. The quantitative estimate of drug-likeness (QED) is 0.842. The Morgan fingerprint density at radius 3 is 2.24 bits per heavy atom. The molecule has 0 unspecified atom stereocenters. The van der Waals surface area contributed by atoms with Crippen LogP contribution >= 0.6 is 0 Å². The summed E-state index contributed by atoms with van der Waals surface area (Å²) < 4.78 is 0. The van der Waals surface area contributed by atoms with Gasteiger partial charge in [0.2, 0.25) is 0 Å². The lowest BCUT2D eigenvalue weighted by Crippen LogP contribution is -2.51. The second-order valence-corrected chi connectivity index (χ2v) is 6.15. The number of hydrogen-bond acceptors (Lipinski definition) is 4. The van der Waals surface area contributed by atoms with Crippen LogP contribution in [-0.4, -0.2) is 58.3 Å². The van der Waals surface area contributed by atoms with Crippen LogP contribution in [0.1, 0.15) is 32.3 Å². The number of aromatic hydroxyl groups is 1. The Morgan fingerprint density at radius 2 is 1.67 bits per heavy atom. The van der Waals surface area contributed by atoms with E-state index >= 15 is 0 Å². The number of rotatable bonds is 6. The number of phenolic OH excluding ortho intramolecular Hbond substituents is 1. The zero-order valence-corrected chi connectivity index (χ0v) is 13.3. The molecule has 0 bridgehead atoms. The van der Waals surface area contributed by atoms with E-state index < -0.39 is 5.60 Å². The van der Waals surface area contributed by atoms with E-state index in [1.54, 1.807) is 6.07 Å². The highest BCUT2D eigenvalue weighted by Gasteiger charge is 2.27. The van der Waals surface area contributed by atoms with Crippen LogP contribution < -0.4 is 0 Å². The SMILES string of the molecule is CCC(O)(CC)CN1CCN(Cc2cccc(O)c2)CC1. The van der Waals surface area contributed by atoms with Gasteiger partial charge in [0.15, 0.2) is 0 Å². The number of phenols is 1. The summed E-state index contributed by atoms with van der Waals surface area (Å²) in [6.45, 7) is 9.80. The summed E-state index contributed by atoms with van der Waals surface area (Å²) in [4.78, 5) is 4.77. The molecule has 0 aromatic heterocycles. The molecule has 21 heavy (non-hydrogen) atoms. The monoisotopic (exact) mass is 292 g/mol. The first-order valence-electron chi connectivity index (χ1n) is 7.99. The van der Waals surface area contributed by atoms with E-state index in [4.69, 9.17) is 0 Å². The maximum absolute atomic E-state index is 10.4. The highest BCUT2D eigenvalue weighted by atomic mass is 16.3. The highest BCUT2D eigenvalue weighted by Crippen LogP contribution is 2.18. The van der Waals surface area contributed by atoms with Gasteiger partial charge in [0.1, 0.15) is 5.75 Å². The van der Waals surface area contributed by atoms with Gasteiger partial charge in [0, 0.05) is 39.3 Å². The van der Waals surface area contributed by atoms with Crippen molar-refractivity contribution in [2.45, 2.75) is 38.8 Å². The van der Waals surface area contributed by atoms with Gasteiger partial charge in [0.25, 0.3) is 0 Å². The van der Waals surface area contributed by atoms with E-state index in [1.165, 1.54) is 0 Å². The lowest BCUT2D eigenvalue weighted by molar-refractivity contribution is -0.0161. The first kappa shape index (κ1) is 16.3. The van der Waals surface area contributed by atoms with Crippen molar-refractivity contribution in [1.82, 2.24) is 9.80 Å². The molecule has 2 rings (SSSR count). The Bertz CT molecular complexity index is 438. The molecular weight excluding hydrogens is 264 g/mol. The molecule has 4 heteroatoms. The minimum Gasteiger partial charge on any atom is -0.508 e. The molecule has 1 aliphatic rings. The summed E-state index contributed by atoms with van der Waals surface area (Å²) in [5.41, 5.74) is 0.620. The number of hydrogen-bond donors (Lipinski definition) is 2. The van der Waals surface area contributed by atoms with Crippen molar-refractivity contribution in [2.24, 2.45) is 0 Å². The van der Waals surface area contributed by atoms with Gasteiger partial charge in [0.05, 0.1) is 5.60 Å². The lowest BCUT2D eigenvalue weighted by atomic mass is 9.96. The van der Waals surface area contributed by atoms with Crippen molar-refractivity contribution >= 4 is 0 Å². The van der Waals surface area contributed by atoms with Crippen LogP contribution in [0.4, 0.5) is 0 Å². The average molecular weight is 292 g/mol. The predicted molar refractivity (Wildman–Crippen MR) is 85.4 cm³/mol.